The Bertz CT molecular complexity index is 257. The number of ether oxygens (including phenoxy) is 1. The van der Waals surface area contributed by atoms with Gasteiger partial charge in [-0.05, 0) is 0 Å². The first-order valence-electron chi connectivity index (χ1n) is 5.34. The van der Waals surface area contributed by atoms with Crippen molar-refractivity contribution in [1.82, 2.24) is 10.2 Å². The van der Waals surface area contributed by atoms with Gasteiger partial charge in [-0.25, -0.2) is 0 Å². The largest absolute Gasteiger partial charge is 0.395 e. The van der Waals surface area contributed by atoms with Crippen LogP contribution in [0.3, 0.4) is 0 Å². The standard InChI is InChI=1S/C10H18N2O4/c1-16-5-3-12-7-8(6-9(12)14)10(15)11-2-4-13/h8,13H,2-7H2,1H3,(H,11,15). The summed E-state index contributed by atoms with van der Waals surface area (Å²) in [5.41, 5.74) is 0. The van der Waals surface area contributed by atoms with Gasteiger partial charge in [-0.3, -0.25) is 9.59 Å². The molecule has 16 heavy (non-hydrogen) atoms. The number of hydrogen-bond acceptors (Lipinski definition) is 4. The normalized spacial score (nSPS) is 20.2. The Balaban J connectivity index is 2.36. The maximum Gasteiger partial charge on any atom is 0.225 e. The number of carbonyl (C=O) groups excluding carboxylic acids is 2. The highest BCUT2D eigenvalue weighted by Gasteiger charge is 2.33. The number of aliphatic hydroxyl groups is 1. The fourth-order valence-corrected chi connectivity index (χ4v) is 1.69. The molecule has 1 atom stereocenters. The van der Waals surface area contributed by atoms with Crippen molar-refractivity contribution < 1.29 is 19.4 Å². The van der Waals surface area contributed by atoms with Gasteiger partial charge in [0.2, 0.25) is 11.8 Å². The van der Waals surface area contributed by atoms with E-state index in [0.29, 0.717) is 19.7 Å². The zero-order valence-electron chi connectivity index (χ0n) is 9.44. The van der Waals surface area contributed by atoms with E-state index < -0.39 is 0 Å². The lowest BCUT2D eigenvalue weighted by Gasteiger charge is -2.15. The molecule has 1 aliphatic rings. The van der Waals surface area contributed by atoms with E-state index in [2.05, 4.69) is 5.32 Å². The SMILES string of the molecule is COCCN1CC(C(=O)NCCO)CC1=O. The Morgan fingerprint density at radius 2 is 2.44 bits per heavy atom. The minimum absolute atomic E-state index is 0.0128. The number of carbonyl (C=O) groups is 2. The number of likely N-dealkylation sites (tertiary alicyclic amines) is 1. The number of methoxy groups -OCH3 is 1. The van der Waals surface area contributed by atoms with Gasteiger partial charge in [-0.15, -0.1) is 0 Å². The molecule has 1 saturated heterocycles. The average molecular weight is 230 g/mol. The summed E-state index contributed by atoms with van der Waals surface area (Å²) in [5.74, 6) is -0.473. The number of hydrogen-bond donors (Lipinski definition) is 2. The van der Waals surface area contributed by atoms with E-state index in [1.54, 1.807) is 12.0 Å². The predicted molar refractivity (Wildman–Crippen MR) is 56.7 cm³/mol. The van der Waals surface area contributed by atoms with E-state index in [4.69, 9.17) is 9.84 Å². The molecular weight excluding hydrogens is 212 g/mol. The molecule has 1 aliphatic heterocycles. The number of nitrogens with zero attached hydrogens (tertiary/aromatic N) is 1. The summed E-state index contributed by atoms with van der Waals surface area (Å²) < 4.78 is 4.89. The van der Waals surface area contributed by atoms with Crippen LogP contribution in [0.1, 0.15) is 6.42 Å². The van der Waals surface area contributed by atoms with Gasteiger partial charge in [0.05, 0.1) is 19.1 Å². The van der Waals surface area contributed by atoms with E-state index in [0.717, 1.165) is 0 Å². The number of nitrogens with one attached hydrogen (secondary N) is 1. The van der Waals surface area contributed by atoms with Crippen LogP contribution in [0.25, 0.3) is 0 Å². The van der Waals surface area contributed by atoms with Crippen LogP contribution in [-0.2, 0) is 14.3 Å². The predicted octanol–water partition coefficient (Wildman–Crippen LogP) is -1.41. The Hall–Kier alpha value is -1.14. The van der Waals surface area contributed by atoms with Gasteiger partial charge >= 0.3 is 0 Å². The van der Waals surface area contributed by atoms with Gasteiger partial charge in [0.25, 0.3) is 0 Å². The Labute approximate surface area is 94.6 Å². The molecule has 1 fully saturated rings. The fraction of sp³-hybridized carbons (Fsp3) is 0.800. The summed E-state index contributed by atoms with van der Waals surface area (Å²) >= 11 is 0. The lowest BCUT2D eigenvalue weighted by molar-refractivity contribution is -0.129. The van der Waals surface area contributed by atoms with E-state index in [-0.39, 0.29) is 37.3 Å². The van der Waals surface area contributed by atoms with Gasteiger partial charge in [0, 0.05) is 33.2 Å². The molecule has 2 amide bonds. The zero-order chi connectivity index (χ0) is 12.0. The zero-order valence-corrected chi connectivity index (χ0v) is 9.44. The van der Waals surface area contributed by atoms with Crippen LogP contribution >= 0.6 is 0 Å². The summed E-state index contributed by atoms with van der Waals surface area (Å²) in [5, 5.41) is 11.1. The van der Waals surface area contributed by atoms with Crippen molar-refractivity contribution in [2.75, 3.05) is 40.0 Å². The first kappa shape index (κ1) is 12.9. The van der Waals surface area contributed by atoms with E-state index in [9.17, 15) is 9.59 Å². The van der Waals surface area contributed by atoms with Crippen molar-refractivity contribution in [2.24, 2.45) is 5.92 Å². The van der Waals surface area contributed by atoms with Gasteiger partial charge in [0.1, 0.15) is 0 Å². The molecule has 1 unspecified atom stereocenters. The lowest BCUT2D eigenvalue weighted by atomic mass is 10.1. The molecule has 1 heterocycles. The molecule has 0 aromatic carbocycles. The molecular formula is C10H18N2O4. The smallest absolute Gasteiger partial charge is 0.225 e. The quantitative estimate of drug-likeness (QED) is 0.587. The van der Waals surface area contributed by atoms with Crippen molar-refractivity contribution in [3.63, 3.8) is 0 Å². The summed E-state index contributed by atoms with van der Waals surface area (Å²) in [6, 6.07) is 0. The molecule has 0 radical (unpaired) electrons. The first-order chi connectivity index (χ1) is 7.69. The molecule has 92 valence electrons. The monoisotopic (exact) mass is 230 g/mol. The summed E-state index contributed by atoms with van der Waals surface area (Å²) in [6.45, 7) is 1.61. The van der Waals surface area contributed by atoms with Gasteiger partial charge < -0.3 is 20.1 Å². The maximum absolute atomic E-state index is 11.5. The Morgan fingerprint density at radius 1 is 1.69 bits per heavy atom. The van der Waals surface area contributed by atoms with Crippen LogP contribution in [-0.4, -0.2) is 61.8 Å². The summed E-state index contributed by atoms with van der Waals surface area (Å²) in [7, 11) is 1.58. The van der Waals surface area contributed by atoms with Crippen LogP contribution in [0, 0.1) is 5.92 Å². The van der Waals surface area contributed by atoms with E-state index in [1.165, 1.54) is 0 Å². The first-order valence-corrected chi connectivity index (χ1v) is 5.34. The molecule has 6 nitrogen and oxygen atoms in total. The Kier molecular flexibility index (Phi) is 5.21. The van der Waals surface area contributed by atoms with Crippen molar-refractivity contribution in [3.05, 3.63) is 0 Å². The minimum atomic E-state index is -0.295. The third-order valence-corrected chi connectivity index (χ3v) is 2.56. The molecule has 0 aliphatic carbocycles. The number of aliphatic hydroxyl groups excluding tert-OH is 1. The third-order valence-electron chi connectivity index (χ3n) is 2.56. The molecule has 0 aromatic heterocycles. The van der Waals surface area contributed by atoms with Crippen molar-refractivity contribution in [3.8, 4) is 0 Å². The molecule has 1 rings (SSSR count). The summed E-state index contributed by atoms with van der Waals surface area (Å²) in [4.78, 5) is 24.7. The van der Waals surface area contributed by atoms with E-state index in [1.807, 2.05) is 0 Å². The van der Waals surface area contributed by atoms with Gasteiger partial charge in [-0.2, -0.15) is 0 Å². The van der Waals surface area contributed by atoms with Crippen LogP contribution in [0.15, 0.2) is 0 Å². The molecule has 2 N–H and O–H groups in total. The number of amides is 2. The number of rotatable bonds is 6. The summed E-state index contributed by atoms with van der Waals surface area (Å²) in [6.07, 6.45) is 0.251. The van der Waals surface area contributed by atoms with Crippen LogP contribution in [0.4, 0.5) is 0 Å². The topological polar surface area (TPSA) is 78.9 Å². The molecule has 0 spiro atoms. The second-order valence-corrected chi connectivity index (χ2v) is 3.75. The third kappa shape index (κ3) is 3.46. The molecule has 0 bridgehead atoms. The van der Waals surface area contributed by atoms with Crippen LogP contribution in [0.5, 0.6) is 0 Å². The van der Waals surface area contributed by atoms with Crippen molar-refractivity contribution in [2.45, 2.75) is 6.42 Å². The second kappa shape index (κ2) is 6.44. The average Bonchev–Trinajstić information content (AvgIpc) is 2.65. The van der Waals surface area contributed by atoms with Crippen LogP contribution in [0.2, 0.25) is 0 Å². The lowest BCUT2D eigenvalue weighted by Crippen LogP contribution is -2.35. The highest BCUT2D eigenvalue weighted by atomic mass is 16.5. The van der Waals surface area contributed by atoms with Crippen molar-refractivity contribution in [1.29, 1.82) is 0 Å². The maximum atomic E-state index is 11.5. The molecule has 0 saturated carbocycles. The molecule has 0 aromatic rings. The second-order valence-electron chi connectivity index (χ2n) is 3.75. The van der Waals surface area contributed by atoms with E-state index >= 15 is 0 Å². The van der Waals surface area contributed by atoms with Gasteiger partial charge in [-0.1, -0.05) is 0 Å². The van der Waals surface area contributed by atoms with Crippen LogP contribution < -0.4 is 5.32 Å². The fourth-order valence-electron chi connectivity index (χ4n) is 1.69. The van der Waals surface area contributed by atoms with Crippen molar-refractivity contribution >= 4 is 11.8 Å². The Morgan fingerprint density at radius 3 is 3.06 bits per heavy atom. The molecule has 6 heteroatoms. The highest BCUT2D eigenvalue weighted by molar-refractivity contribution is 5.89. The highest BCUT2D eigenvalue weighted by Crippen LogP contribution is 2.17. The minimum Gasteiger partial charge on any atom is -0.395 e. The van der Waals surface area contributed by atoms with Gasteiger partial charge in [0.15, 0.2) is 0 Å².